The molecular formula is C22H22N2O. The molecule has 0 amide bonds. The summed E-state index contributed by atoms with van der Waals surface area (Å²) in [5, 5.41) is 4.97. The Hall–Kier alpha value is -2.94. The Kier molecular flexibility index (Phi) is 4.94. The average molecular weight is 330 g/mol. The van der Waals surface area contributed by atoms with Crippen molar-refractivity contribution in [2.45, 2.75) is 26.3 Å². The largest absolute Gasteiger partial charge is 0.378 e. The van der Waals surface area contributed by atoms with E-state index in [0.717, 1.165) is 22.9 Å². The van der Waals surface area contributed by atoms with E-state index in [1.807, 2.05) is 67.6 Å². The fraction of sp³-hybridized carbons (Fsp3) is 0.182. The van der Waals surface area contributed by atoms with E-state index in [4.69, 9.17) is 0 Å². The predicted octanol–water partition coefficient (Wildman–Crippen LogP) is 3.04. The fourth-order valence-corrected chi connectivity index (χ4v) is 3.01. The third kappa shape index (κ3) is 3.45. The van der Waals surface area contributed by atoms with Gasteiger partial charge in [-0.2, -0.15) is 0 Å². The minimum absolute atomic E-state index is 0.0455. The van der Waals surface area contributed by atoms with Gasteiger partial charge >= 0.3 is 0 Å². The van der Waals surface area contributed by atoms with Crippen molar-refractivity contribution in [2.24, 2.45) is 0 Å². The molecule has 3 nitrogen and oxygen atoms in total. The van der Waals surface area contributed by atoms with Crippen LogP contribution in [0.3, 0.4) is 0 Å². The van der Waals surface area contributed by atoms with E-state index in [-0.39, 0.29) is 11.8 Å². The smallest absolute Gasteiger partial charge is 0.210 e. The van der Waals surface area contributed by atoms with Gasteiger partial charge in [-0.05, 0) is 25.0 Å². The zero-order valence-corrected chi connectivity index (χ0v) is 14.6. The first-order valence-electron chi connectivity index (χ1n) is 8.53. The number of benzene rings is 1. The summed E-state index contributed by atoms with van der Waals surface area (Å²) in [5.74, 6) is -0.0455. The molecule has 0 saturated carbocycles. The van der Waals surface area contributed by atoms with Crippen molar-refractivity contribution in [3.8, 4) is 0 Å². The average Bonchev–Trinajstić information content (AvgIpc) is 2.65. The second kappa shape index (κ2) is 7.31. The van der Waals surface area contributed by atoms with E-state index in [0.29, 0.717) is 16.6 Å². The summed E-state index contributed by atoms with van der Waals surface area (Å²) >= 11 is 0. The van der Waals surface area contributed by atoms with Crippen LogP contribution in [0.25, 0.3) is 12.7 Å². The van der Waals surface area contributed by atoms with Crippen LogP contribution >= 0.6 is 0 Å². The zero-order chi connectivity index (χ0) is 17.8. The maximum absolute atomic E-state index is 13.1. The van der Waals surface area contributed by atoms with Crippen LogP contribution in [0.4, 0.5) is 0 Å². The molecule has 126 valence electrons. The first kappa shape index (κ1) is 16.9. The van der Waals surface area contributed by atoms with Crippen molar-refractivity contribution in [2.75, 3.05) is 0 Å². The number of hydrogen-bond donors (Lipinski definition) is 1. The highest BCUT2D eigenvalue weighted by Gasteiger charge is 2.26. The second-order valence-electron chi connectivity index (χ2n) is 6.01. The van der Waals surface area contributed by atoms with Gasteiger partial charge in [0.25, 0.3) is 0 Å². The predicted molar refractivity (Wildman–Crippen MR) is 102 cm³/mol. The lowest BCUT2D eigenvalue weighted by Crippen LogP contribution is -2.32. The van der Waals surface area contributed by atoms with Gasteiger partial charge in [-0.25, -0.2) is 4.98 Å². The van der Waals surface area contributed by atoms with Crippen molar-refractivity contribution in [3.63, 3.8) is 0 Å². The SMILES string of the molecule is C=c1ccc2c(n1)C(=O)C(C(N/C(=C/C)CC)c1ccccc1)=CC=2. The van der Waals surface area contributed by atoms with Crippen LogP contribution in [0, 0.1) is 0 Å². The number of nitrogens with one attached hydrogen (secondary N) is 1. The number of carbonyl (C=O) groups is 1. The van der Waals surface area contributed by atoms with E-state index in [1.54, 1.807) is 0 Å². The highest BCUT2D eigenvalue weighted by Crippen LogP contribution is 2.27. The molecule has 0 spiro atoms. The van der Waals surface area contributed by atoms with Crippen LogP contribution in [0.5, 0.6) is 0 Å². The minimum Gasteiger partial charge on any atom is -0.378 e. The van der Waals surface area contributed by atoms with Crippen LogP contribution in [-0.4, -0.2) is 10.8 Å². The Morgan fingerprint density at radius 3 is 2.64 bits per heavy atom. The van der Waals surface area contributed by atoms with Crippen LogP contribution < -0.4 is 15.9 Å². The van der Waals surface area contributed by atoms with Gasteiger partial charge in [0.2, 0.25) is 5.78 Å². The van der Waals surface area contributed by atoms with Gasteiger partial charge < -0.3 is 5.32 Å². The van der Waals surface area contributed by atoms with Gasteiger partial charge in [0, 0.05) is 16.5 Å². The van der Waals surface area contributed by atoms with E-state index in [1.165, 1.54) is 0 Å². The Morgan fingerprint density at radius 1 is 1.20 bits per heavy atom. The Bertz CT molecular complexity index is 955. The van der Waals surface area contributed by atoms with E-state index < -0.39 is 0 Å². The molecule has 1 unspecified atom stereocenters. The molecule has 1 aromatic heterocycles. The van der Waals surface area contributed by atoms with Gasteiger partial charge in [-0.1, -0.05) is 68.1 Å². The summed E-state index contributed by atoms with van der Waals surface area (Å²) in [6.45, 7) is 7.94. The van der Waals surface area contributed by atoms with Gasteiger partial charge in [0.15, 0.2) is 0 Å². The number of rotatable bonds is 5. The summed E-state index contributed by atoms with van der Waals surface area (Å²) in [7, 11) is 0. The summed E-state index contributed by atoms with van der Waals surface area (Å²) in [6, 6.07) is 13.5. The van der Waals surface area contributed by atoms with Gasteiger partial charge in [0.1, 0.15) is 5.69 Å². The Morgan fingerprint density at radius 2 is 1.96 bits per heavy atom. The second-order valence-corrected chi connectivity index (χ2v) is 6.01. The van der Waals surface area contributed by atoms with Crippen LogP contribution in [0.2, 0.25) is 0 Å². The standard InChI is InChI=1S/C22H22N2O/c1-4-18(5-2)24-20(16-9-7-6-8-10-16)19-14-13-17-12-11-15(3)23-21(17)22(19)25/h4,6-14,20,24H,3,5H2,1-2H3/b18-4+. The number of hydrogen-bond acceptors (Lipinski definition) is 3. The highest BCUT2D eigenvalue weighted by atomic mass is 16.1. The van der Waals surface area contributed by atoms with Crippen molar-refractivity contribution in [3.05, 3.63) is 87.7 Å². The molecule has 2 aromatic rings. The highest BCUT2D eigenvalue weighted by molar-refractivity contribution is 6.10. The monoisotopic (exact) mass is 330 g/mol. The van der Waals surface area contributed by atoms with Gasteiger partial charge in [-0.3, -0.25) is 4.79 Å². The molecule has 1 N–H and O–H groups in total. The normalized spacial score (nSPS) is 15.0. The van der Waals surface area contributed by atoms with E-state index in [2.05, 4.69) is 23.8 Å². The van der Waals surface area contributed by atoms with Gasteiger partial charge in [-0.15, -0.1) is 0 Å². The zero-order valence-electron chi connectivity index (χ0n) is 14.6. The number of carbonyl (C=O) groups excluding carboxylic acids is 1. The maximum atomic E-state index is 13.1. The molecule has 1 heterocycles. The molecule has 1 atom stereocenters. The Labute approximate surface area is 148 Å². The number of allylic oxidation sites excluding steroid dienone is 3. The molecule has 1 aliphatic rings. The number of nitrogens with zero attached hydrogens (tertiary/aromatic N) is 1. The van der Waals surface area contributed by atoms with Crippen molar-refractivity contribution in [1.82, 2.24) is 10.3 Å². The quantitative estimate of drug-likeness (QED) is 0.916. The number of ketones is 1. The molecule has 0 aliphatic heterocycles. The van der Waals surface area contributed by atoms with Crippen molar-refractivity contribution >= 4 is 18.4 Å². The summed E-state index contributed by atoms with van der Waals surface area (Å²) in [4.78, 5) is 17.5. The first-order chi connectivity index (χ1) is 12.1. The molecule has 3 rings (SSSR count). The Balaban J connectivity index is 2.08. The molecule has 0 radical (unpaired) electrons. The van der Waals surface area contributed by atoms with Crippen molar-refractivity contribution in [1.29, 1.82) is 0 Å². The minimum atomic E-state index is -0.209. The topological polar surface area (TPSA) is 42.0 Å². The van der Waals surface area contributed by atoms with E-state index in [9.17, 15) is 4.79 Å². The lowest BCUT2D eigenvalue weighted by molar-refractivity contribution is 0.102. The van der Waals surface area contributed by atoms with Crippen molar-refractivity contribution < 1.29 is 4.79 Å². The fourth-order valence-electron chi connectivity index (χ4n) is 3.01. The molecule has 1 aromatic carbocycles. The third-order valence-corrected chi connectivity index (χ3v) is 4.41. The molecule has 3 heteroatoms. The third-order valence-electron chi connectivity index (χ3n) is 4.41. The lowest BCUT2D eigenvalue weighted by Gasteiger charge is -2.25. The molecule has 0 bridgehead atoms. The van der Waals surface area contributed by atoms with Crippen LogP contribution in [-0.2, 0) is 0 Å². The number of aromatic nitrogens is 1. The van der Waals surface area contributed by atoms with Gasteiger partial charge in [0.05, 0.1) is 11.4 Å². The summed E-state index contributed by atoms with van der Waals surface area (Å²) in [6.07, 6.45) is 6.79. The lowest BCUT2D eigenvalue weighted by atomic mass is 9.90. The number of fused-ring (bicyclic) bond motifs is 1. The number of pyridine rings is 1. The number of Topliss-reactive ketones (excluding diaryl/α,β-unsaturated/α-hetero) is 1. The molecular weight excluding hydrogens is 308 g/mol. The molecule has 0 fully saturated rings. The van der Waals surface area contributed by atoms with Crippen LogP contribution in [0.15, 0.2) is 65.9 Å². The van der Waals surface area contributed by atoms with E-state index >= 15 is 0 Å². The maximum Gasteiger partial charge on any atom is 0.210 e. The first-order valence-corrected chi connectivity index (χ1v) is 8.53. The molecule has 1 aliphatic carbocycles. The summed E-state index contributed by atoms with van der Waals surface area (Å²) < 4.78 is 0. The van der Waals surface area contributed by atoms with Crippen LogP contribution in [0.1, 0.15) is 42.4 Å². The molecule has 25 heavy (non-hydrogen) atoms. The summed E-state index contributed by atoms with van der Waals surface area (Å²) in [5.41, 5.74) is 3.33. The molecule has 0 saturated heterocycles.